The van der Waals surface area contributed by atoms with Crippen molar-refractivity contribution in [3.05, 3.63) is 78.5 Å². The summed E-state index contributed by atoms with van der Waals surface area (Å²) in [4.78, 5) is 30.2. The van der Waals surface area contributed by atoms with Crippen LogP contribution in [0.3, 0.4) is 0 Å². The molecule has 0 saturated carbocycles. The van der Waals surface area contributed by atoms with Crippen molar-refractivity contribution in [2.24, 2.45) is 0 Å². The lowest BCUT2D eigenvalue weighted by atomic mass is 10.0. The highest BCUT2D eigenvalue weighted by molar-refractivity contribution is 5.94. The summed E-state index contributed by atoms with van der Waals surface area (Å²) < 4.78 is 7.79. The fraction of sp³-hybridized carbons (Fsp3) is 0.214. The molecule has 0 spiro atoms. The van der Waals surface area contributed by atoms with E-state index in [1.165, 1.54) is 0 Å². The van der Waals surface area contributed by atoms with E-state index in [4.69, 9.17) is 14.6 Å². The highest BCUT2D eigenvalue weighted by Gasteiger charge is 2.24. The predicted molar refractivity (Wildman–Crippen MR) is 138 cm³/mol. The van der Waals surface area contributed by atoms with Crippen molar-refractivity contribution in [1.82, 2.24) is 24.8 Å². The minimum absolute atomic E-state index is 0.0138. The van der Waals surface area contributed by atoms with Crippen LogP contribution in [0.4, 0.5) is 0 Å². The molecule has 9 nitrogen and oxygen atoms in total. The number of imidazole rings is 1. The van der Waals surface area contributed by atoms with E-state index in [1.807, 2.05) is 66.7 Å². The van der Waals surface area contributed by atoms with E-state index in [-0.39, 0.29) is 18.5 Å². The highest BCUT2D eigenvalue weighted by Crippen LogP contribution is 2.29. The first-order chi connectivity index (χ1) is 18.0. The molecule has 0 unspecified atom stereocenters. The van der Waals surface area contributed by atoms with E-state index in [0.29, 0.717) is 30.1 Å². The molecule has 3 aromatic heterocycles. The number of amides is 1. The average molecular weight is 496 g/mol. The van der Waals surface area contributed by atoms with Crippen molar-refractivity contribution in [2.75, 3.05) is 19.6 Å². The Morgan fingerprint density at radius 3 is 2.73 bits per heavy atom. The van der Waals surface area contributed by atoms with Gasteiger partial charge in [-0.15, -0.1) is 0 Å². The second-order valence-electron chi connectivity index (χ2n) is 9.22. The number of rotatable bonds is 6. The van der Waals surface area contributed by atoms with Crippen molar-refractivity contribution >= 4 is 28.5 Å². The Morgan fingerprint density at radius 1 is 1.08 bits per heavy atom. The van der Waals surface area contributed by atoms with Crippen LogP contribution in [0.15, 0.2) is 77.3 Å². The van der Waals surface area contributed by atoms with E-state index in [0.717, 1.165) is 40.8 Å². The lowest BCUT2D eigenvalue weighted by Gasteiger charge is -2.33. The van der Waals surface area contributed by atoms with Crippen LogP contribution in [0.2, 0.25) is 0 Å². The Labute approximate surface area is 212 Å². The number of likely N-dealkylation sites (tertiary alicyclic amines) is 1. The van der Waals surface area contributed by atoms with Gasteiger partial charge in [0.15, 0.2) is 11.4 Å². The molecule has 0 bridgehead atoms. The summed E-state index contributed by atoms with van der Waals surface area (Å²) in [6.07, 6.45) is 3.45. The van der Waals surface area contributed by atoms with Gasteiger partial charge in [-0.25, -0.2) is 9.50 Å². The highest BCUT2D eigenvalue weighted by atomic mass is 16.4. The molecular weight excluding hydrogens is 470 g/mol. The van der Waals surface area contributed by atoms with Gasteiger partial charge in [0.2, 0.25) is 0 Å². The largest absolute Gasteiger partial charge is 0.480 e. The molecule has 1 aliphatic heterocycles. The lowest BCUT2D eigenvalue weighted by molar-refractivity contribution is -0.136. The smallest absolute Gasteiger partial charge is 0.317 e. The van der Waals surface area contributed by atoms with Gasteiger partial charge in [-0.3, -0.25) is 9.59 Å². The fourth-order valence-corrected chi connectivity index (χ4v) is 4.83. The maximum Gasteiger partial charge on any atom is 0.317 e. The van der Waals surface area contributed by atoms with Gasteiger partial charge < -0.3 is 19.7 Å². The maximum atomic E-state index is 13.1. The normalized spacial score (nSPS) is 15.9. The molecule has 1 fully saturated rings. The maximum absolute atomic E-state index is 13.1. The molecule has 2 N–H and O–H groups in total. The molecule has 9 heteroatoms. The van der Waals surface area contributed by atoms with Crippen LogP contribution in [0.1, 0.15) is 23.2 Å². The molecule has 0 aliphatic carbocycles. The third-order valence-electron chi connectivity index (χ3n) is 6.72. The van der Waals surface area contributed by atoms with Gasteiger partial charge in [0.05, 0.1) is 18.4 Å². The molecule has 0 radical (unpaired) electrons. The van der Waals surface area contributed by atoms with Gasteiger partial charge in [0.1, 0.15) is 11.3 Å². The molecule has 4 heterocycles. The summed E-state index contributed by atoms with van der Waals surface area (Å²) in [6.45, 7) is 1.06. The van der Waals surface area contributed by atoms with Gasteiger partial charge in [0, 0.05) is 35.6 Å². The topological polar surface area (TPSA) is 113 Å². The third-order valence-corrected chi connectivity index (χ3v) is 6.72. The second-order valence-corrected chi connectivity index (χ2v) is 9.22. The fourth-order valence-electron chi connectivity index (χ4n) is 4.83. The molecule has 6 rings (SSSR count). The lowest BCUT2D eigenvalue weighted by Crippen LogP contribution is -2.49. The number of carboxylic acids is 1. The zero-order valence-electron chi connectivity index (χ0n) is 20.0. The van der Waals surface area contributed by atoms with Gasteiger partial charge in [0.25, 0.3) is 5.91 Å². The van der Waals surface area contributed by atoms with Crippen LogP contribution in [0.25, 0.3) is 39.3 Å². The number of carbonyl (C=O) groups excluding carboxylic acids is 1. The Hall–Kier alpha value is -4.50. The monoisotopic (exact) mass is 495 g/mol. The van der Waals surface area contributed by atoms with E-state index < -0.39 is 5.97 Å². The number of furan rings is 1. The van der Waals surface area contributed by atoms with Crippen LogP contribution in [-0.4, -0.2) is 62.2 Å². The number of fused-ring (bicyclic) bond motifs is 2. The van der Waals surface area contributed by atoms with Crippen molar-refractivity contribution < 1.29 is 19.1 Å². The molecule has 1 saturated heterocycles. The number of para-hydroxylation sites is 1. The van der Waals surface area contributed by atoms with Crippen molar-refractivity contribution in [3.8, 4) is 22.7 Å². The molecule has 1 aliphatic rings. The molecule has 2 aromatic carbocycles. The van der Waals surface area contributed by atoms with Gasteiger partial charge in [-0.2, -0.15) is 5.10 Å². The molecule has 1 atom stereocenters. The quantitative estimate of drug-likeness (QED) is 0.365. The number of nitrogens with one attached hydrogen (secondary N) is 1. The van der Waals surface area contributed by atoms with Gasteiger partial charge in [-0.1, -0.05) is 30.3 Å². The first-order valence-electron chi connectivity index (χ1n) is 12.2. The summed E-state index contributed by atoms with van der Waals surface area (Å²) >= 11 is 0. The number of hydrogen-bond donors (Lipinski definition) is 2. The van der Waals surface area contributed by atoms with Gasteiger partial charge >= 0.3 is 5.97 Å². The van der Waals surface area contributed by atoms with Gasteiger partial charge in [-0.05, 0) is 49.2 Å². The van der Waals surface area contributed by atoms with Crippen LogP contribution in [-0.2, 0) is 4.79 Å². The minimum atomic E-state index is -0.897. The van der Waals surface area contributed by atoms with Crippen LogP contribution in [0.5, 0.6) is 0 Å². The third kappa shape index (κ3) is 4.56. The second kappa shape index (κ2) is 9.51. The van der Waals surface area contributed by atoms with Crippen LogP contribution >= 0.6 is 0 Å². The Bertz CT molecular complexity index is 1570. The number of carboxylic acid groups (broad SMARTS) is 1. The number of carbonyl (C=O) groups is 2. The molecule has 5 aromatic rings. The first-order valence-corrected chi connectivity index (χ1v) is 12.2. The average Bonchev–Trinajstić information content (AvgIpc) is 3.55. The molecule has 186 valence electrons. The van der Waals surface area contributed by atoms with Crippen molar-refractivity contribution in [3.63, 3.8) is 0 Å². The first kappa shape index (κ1) is 22.9. The summed E-state index contributed by atoms with van der Waals surface area (Å²) in [5.41, 5.74) is 4.49. The number of aliphatic carboxylic acids is 1. The predicted octanol–water partition coefficient (Wildman–Crippen LogP) is 4.09. The Morgan fingerprint density at radius 2 is 1.92 bits per heavy atom. The summed E-state index contributed by atoms with van der Waals surface area (Å²) in [7, 11) is 0. The summed E-state index contributed by atoms with van der Waals surface area (Å²) in [5, 5.41) is 17.7. The van der Waals surface area contributed by atoms with E-state index in [9.17, 15) is 9.59 Å². The standard InChI is InChI=1S/C28H25N5O4/c34-27(35)16-29-21-5-3-13-32(17-21)28(36)19-9-7-18(8-10-19)22-11-12-26-30-15-23(33(26)31-22)25-14-20-4-1-2-6-24(20)37-25/h1-2,4,6-12,14-15,21,29H,3,5,13,16-17H2,(H,34,35)/t21-/m0/s1. The summed E-state index contributed by atoms with van der Waals surface area (Å²) in [6, 6.07) is 21.0. The number of piperidine rings is 1. The molecular formula is C28H25N5O4. The Balaban J connectivity index is 1.22. The zero-order valence-corrected chi connectivity index (χ0v) is 20.0. The van der Waals surface area contributed by atoms with Crippen LogP contribution in [0, 0.1) is 0 Å². The molecule has 37 heavy (non-hydrogen) atoms. The molecule has 1 amide bonds. The van der Waals surface area contributed by atoms with E-state index in [1.54, 1.807) is 15.6 Å². The number of benzene rings is 2. The summed E-state index contributed by atoms with van der Waals surface area (Å²) in [5.74, 6) is -0.262. The Kier molecular flexibility index (Phi) is 5.90. The number of nitrogens with zero attached hydrogens (tertiary/aromatic N) is 4. The number of aromatic nitrogens is 3. The van der Waals surface area contributed by atoms with Crippen LogP contribution < -0.4 is 5.32 Å². The zero-order chi connectivity index (χ0) is 25.4. The van der Waals surface area contributed by atoms with E-state index >= 15 is 0 Å². The van der Waals surface area contributed by atoms with E-state index in [2.05, 4.69) is 10.3 Å². The number of hydrogen-bond acceptors (Lipinski definition) is 6. The minimum Gasteiger partial charge on any atom is -0.480 e. The van der Waals surface area contributed by atoms with Crippen molar-refractivity contribution in [2.45, 2.75) is 18.9 Å². The van der Waals surface area contributed by atoms with Crippen molar-refractivity contribution in [1.29, 1.82) is 0 Å². The SMILES string of the molecule is O=C(O)CN[C@H]1CCCN(C(=O)c2ccc(-c3ccc4ncc(-c5cc6ccccc6o5)n4n3)cc2)C1.